The molecule has 0 radical (unpaired) electrons. The van der Waals surface area contributed by atoms with Gasteiger partial charge in [-0.25, -0.2) is 0 Å². The summed E-state index contributed by atoms with van der Waals surface area (Å²) in [7, 11) is 1.12. The number of anilines is 1. The summed E-state index contributed by atoms with van der Waals surface area (Å²) in [6, 6.07) is 3.34. The fourth-order valence-corrected chi connectivity index (χ4v) is 5.78. The molecule has 1 N–H and O–H groups in total. The van der Waals surface area contributed by atoms with E-state index in [1.807, 2.05) is 4.90 Å². The Hall–Kier alpha value is -2.08. The van der Waals surface area contributed by atoms with Crippen LogP contribution < -0.4 is 19.5 Å². The summed E-state index contributed by atoms with van der Waals surface area (Å²) in [6.07, 6.45) is 4.00. The van der Waals surface area contributed by atoms with Crippen LogP contribution in [0.1, 0.15) is 25.7 Å². The standard InChI is InChI=1S/C21H34N4O6S/c1-29-18-14-17(15-19(30-2)21(18)31-3)22-20(26)16-23-10-12-25(13-11-23)32(27,28)24-8-6-4-5-7-9-24/h14-15H,4-13,16H2,1-3H3,(H,22,26). The Morgan fingerprint density at radius 2 is 1.38 bits per heavy atom. The van der Waals surface area contributed by atoms with Gasteiger partial charge < -0.3 is 19.5 Å². The van der Waals surface area contributed by atoms with E-state index < -0.39 is 10.2 Å². The molecule has 0 aliphatic carbocycles. The minimum absolute atomic E-state index is 0.175. The Kier molecular flexibility index (Phi) is 8.57. The summed E-state index contributed by atoms with van der Waals surface area (Å²) in [4.78, 5) is 14.6. The molecule has 2 aliphatic rings. The molecule has 180 valence electrons. The molecule has 11 heteroatoms. The normalized spacial score (nSPS) is 19.2. The van der Waals surface area contributed by atoms with Crippen LogP contribution >= 0.6 is 0 Å². The quantitative estimate of drug-likeness (QED) is 0.613. The van der Waals surface area contributed by atoms with E-state index in [-0.39, 0.29) is 12.5 Å². The van der Waals surface area contributed by atoms with Gasteiger partial charge in [-0.1, -0.05) is 12.8 Å². The van der Waals surface area contributed by atoms with Crippen molar-refractivity contribution in [1.29, 1.82) is 0 Å². The lowest BCUT2D eigenvalue weighted by Gasteiger charge is -2.36. The predicted molar refractivity (Wildman–Crippen MR) is 122 cm³/mol. The van der Waals surface area contributed by atoms with Gasteiger partial charge in [-0.05, 0) is 12.8 Å². The maximum atomic E-state index is 13.0. The molecular weight excluding hydrogens is 436 g/mol. The van der Waals surface area contributed by atoms with Gasteiger partial charge in [0.25, 0.3) is 10.2 Å². The van der Waals surface area contributed by atoms with E-state index in [9.17, 15) is 13.2 Å². The number of rotatable bonds is 8. The third-order valence-corrected chi connectivity index (χ3v) is 7.90. The maximum absolute atomic E-state index is 13.0. The summed E-state index contributed by atoms with van der Waals surface area (Å²) < 4.78 is 45.0. The molecule has 0 saturated carbocycles. The Morgan fingerprint density at radius 3 is 1.88 bits per heavy atom. The number of carbonyl (C=O) groups is 1. The highest BCUT2D eigenvalue weighted by Gasteiger charge is 2.32. The third-order valence-electron chi connectivity index (χ3n) is 5.86. The number of benzene rings is 1. The van der Waals surface area contributed by atoms with Crippen LogP contribution in [-0.2, 0) is 15.0 Å². The second-order valence-corrected chi connectivity index (χ2v) is 9.89. The molecule has 3 rings (SSSR count). The van der Waals surface area contributed by atoms with Gasteiger partial charge in [0.2, 0.25) is 11.7 Å². The lowest BCUT2D eigenvalue weighted by atomic mass is 10.2. The van der Waals surface area contributed by atoms with Gasteiger partial charge in [0, 0.05) is 57.1 Å². The van der Waals surface area contributed by atoms with Crippen molar-refractivity contribution in [1.82, 2.24) is 13.5 Å². The van der Waals surface area contributed by atoms with Crippen molar-refractivity contribution >= 4 is 21.8 Å². The number of piperazine rings is 1. The lowest BCUT2D eigenvalue weighted by molar-refractivity contribution is -0.117. The van der Waals surface area contributed by atoms with Gasteiger partial charge in [0.05, 0.1) is 27.9 Å². The number of hydrogen-bond donors (Lipinski definition) is 1. The molecule has 2 fully saturated rings. The lowest BCUT2D eigenvalue weighted by Crippen LogP contribution is -2.54. The third kappa shape index (κ3) is 5.83. The highest BCUT2D eigenvalue weighted by Crippen LogP contribution is 2.39. The molecule has 1 aromatic carbocycles. The predicted octanol–water partition coefficient (Wildman–Crippen LogP) is 1.39. The van der Waals surface area contributed by atoms with Gasteiger partial charge in [-0.2, -0.15) is 17.0 Å². The fraction of sp³-hybridized carbons (Fsp3) is 0.667. The summed E-state index contributed by atoms with van der Waals surface area (Å²) >= 11 is 0. The van der Waals surface area contributed by atoms with Crippen LogP contribution in [0.25, 0.3) is 0 Å². The van der Waals surface area contributed by atoms with Crippen LogP contribution in [0.2, 0.25) is 0 Å². The van der Waals surface area contributed by atoms with E-state index in [1.165, 1.54) is 21.3 Å². The van der Waals surface area contributed by atoms with Gasteiger partial charge in [-0.15, -0.1) is 0 Å². The molecule has 32 heavy (non-hydrogen) atoms. The van der Waals surface area contributed by atoms with Crippen LogP contribution in [0, 0.1) is 0 Å². The zero-order valence-corrected chi connectivity index (χ0v) is 19.9. The largest absolute Gasteiger partial charge is 0.493 e. The van der Waals surface area contributed by atoms with E-state index >= 15 is 0 Å². The molecule has 0 spiro atoms. The summed E-state index contributed by atoms with van der Waals surface area (Å²) in [5.74, 6) is 1.17. The first-order chi connectivity index (χ1) is 15.4. The second kappa shape index (κ2) is 11.2. The topological polar surface area (TPSA) is 101 Å². The number of amides is 1. The average Bonchev–Trinajstić information content (AvgIpc) is 3.09. The molecule has 0 bridgehead atoms. The van der Waals surface area contributed by atoms with Crippen LogP contribution in [0.3, 0.4) is 0 Å². The summed E-state index contributed by atoms with van der Waals surface area (Å²) in [5, 5.41) is 2.85. The molecule has 0 aromatic heterocycles. The van der Waals surface area contributed by atoms with Crippen molar-refractivity contribution in [3.8, 4) is 17.2 Å². The second-order valence-electron chi connectivity index (χ2n) is 7.96. The number of methoxy groups -OCH3 is 3. The van der Waals surface area contributed by atoms with Crippen LogP contribution in [0.5, 0.6) is 17.2 Å². The van der Waals surface area contributed by atoms with E-state index in [0.29, 0.717) is 62.2 Å². The molecular formula is C21H34N4O6S. The smallest absolute Gasteiger partial charge is 0.282 e. The molecule has 2 heterocycles. The molecule has 1 aromatic rings. The van der Waals surface area contributed by atoms with Crippen LogP contribution in [0.15, 0.2) is 12.1 Å². The van der Waals surface area contributed by atoms with E-state index in [1.54, 1.807) is 20.7 Å². The van der Waals surface area contributed by atoms with E-state index in [4.69, 9.17) is 14.2 Å². The van der Waals surface area contributed by atoms with E-state index in [0.717, 1.165) is 25.7 Å². The Bertz CT molecular complexity index is 853. The van der Waals surface area contributed by atoms with E-state index in [2.05, 4.69) is 5.32 Å². The molecule has 10 nitrogen and oxygen atoms in total. The van der Waals surface area contributed by atoms with Gasteiger partial charge >= 0.3 is 0 Å². The number of nitrogens with one attached hydrogen (secondary N) is 1. The molecule has 0 unspecified atom stereocenters. The number of ether oxygens (including phenoxy) is 3. The van der Waals surface area contributed by atoms with Gasteiger partial charge in [0.15, 0.2) is 11.5 Å². The molecule has 2 saturated heterocycles. The highest BCUT2D eigenvalue weighted by molar-refractivity contribution is 7.86. The number of nitrogens with zero attached hydrogens (tertiary/aromatic N) is 3. The monoisotopic (exact) mass is 470 g/mol. The molecule has 0 atom stereocenters. The Balaban J connectivity index is 1.54. The summed E-state index contributed by atoms with van der Waals surface area (Å²) in [5.41, 5.74) is 0.534. The van der Waals surface area contributed by atoms with Crippen molar-refractivity contribution < 1.29 is 27.4 Å². The highest BCUT2D eigenvalue weighted by atomic mass is 32.2. The van der Waals surface area contributed by atoms with Crippen LogP contribution in [0.4, 0.5) is 5.69 Å². The SMILES string of the molecule is COc1cc(NC(=O)CN2CCN(S(=O)(=O)N3CCCCCC3)CC2)cc(OC)c1OC. The average molecular weight is 471 g/mol. The Morgan fingerprint density at radius 1 is 0.844 bits per heavy atom. The minimum Gasteiger partial charge on any atom is -0.493 e. The van der Waals surface area contributed by atoms with Crippen molar-refractivity contribution in [3.63, 3.8) is 0 Å². The number of hydrogen-bond acceptors (Lipinski definition) is 7. The van der Waals surface area contributed by atoms with Gasteiger partial charge in [0.1, 0.15) is 0 Å². The molecule has 1 amide bonds. The first kappa shape index (κ1) is 24.6. The summed E-state index contributed by atoms with van der Waals surface area (Å²) in [6.45, 7) is 3.16. The fourth-order valence-electron chi connectivity index (χ4n) is 4.11. The van der Waals surface area contributed by atoms with Crippen molar-refractivity contribution in [3.05, 3.63) is 12.1 Å². The zero-order chi connectivity index (χ0) is 23.1. The number of carbonyl (C=O) groups excluding carboxylic acids is 1. The van der Waals surface area contributed by atoms with Crippen molar-refractivity contribution in [2.45, 2.75) is 25.7 Å². The minimum atomic E-state index is -3.43. The first-order valence-corrected chi connectivity index (χ1v) is 12.4. The first-order valence-electron chi connectivity index (χ1n) is 11.0. The maximum Gasteiger partial charge on any atom is 0.282 e. The molecule has 2 aliphatic heterocycles. The van der Waals surface area contributed by atoms with Gasteiger partial charge in [-0.3, -0.25) is 9.69 Å². The van der Waals surface area contributed by atoms with Crippen LogP contribution in [-0.4, -0.2) is 95.0 Å². The van der Waals surface area contributed by atoms with Crippen molar-refractivity contribution in [2.24, 2.45) is 0 Å². The Labute approximate surface area is 190 Å². The zero-order valence-electron chi connectivity index (χ0n) is 19.1. The van der Waals surface area contributed by atoms with Crippen molar-refractivity contribution in [2.75, 3.05) is 72.5 Å².